The van der Waals surface area contributed by atoms with E-state index in [1.165, 1.54) is 19.3 Å². The van der Waals surface area contributed by atoms with E-state index in [1.54, 1.807) is 0 Å². The maximum atomic E-state index is 9.67. The van der Waals surface area contributed by atoms with Gasteiger partial charge in [-0.2, -0.15) is 0 Å². The second kappa shape index (κ2) is 5.51. The molecule has 0 bridgehead atoms. The summed E-state index contributed by atoms with van der Waals surface area (Å²) in [6.07, 6.45) is 5.56. The van der Waals surface area contributed by atoms with Crippen LogP contribution in [-0.4, -0.2) is 30.3 Å². The highest BCUT2D eigenvalue weighted by atomic mass is 16.3. The Kier molecular flexibility index (Phi) is 4.58. The number of nitrogens with two attached hydrogens (primary N) is 1. The lowest BCUT2D eigenvalue weighted by Crippen LogP contribution is -2.41. The van der Waals surface area contributed by atoms with E-state index >= 15 is 0 Å². The third-order valence-electron chi connectivity index (χ3n) is 2.53. The lowest BCUT2D eigenvalue weighted by Gasteiger charge is -2.21. The van der Waals surface area contributed by atoms with E-state index in [2.05, 4.69) is 5.32 Å². The van der Waals surface area contributed by atoms with E-state index in [0.29, 0.717) is 6.54 Å². The zero-order chi connectivity index (χ0) is 8.81. The summed E-state index contributed by atoms with van der Waals surface area (Å²) < 4.78 is 0. The fourth-order valence-corrected chi connectivity index (χ4v) is 1.79. The van der Waals surface area contributed by atoms with Gasteiger partial charge in [-0.1, -0.05) is 19.3 Å². The molecule has 0 aromatic rings. The Morgan fingerprint density at radius 2 is 2.00 bits per heavy atom. The van der Waals surface area contributed by atoms with Gasteiger partial charge in [-0.05, 0) is 12.8 Å². The Hall–Kier alpha value is -0.120. The molecule has 12 heavy (non-hydrogen) atoms. The maximum Gasteiger partial charge on any atom is 0.0693 e. The van der Waals surface area contributed by atoms with Crippen molar-refractivity contribution in [3.63, 3.8) is 0 Å². The number of hydrogen-bond donors (Lipinski definition) is 3. The molecule has 4 N–H and O–H groups in total. The van der Waals surface area contributed by atoms with Gasteiger partial charge in [0.05, 0.1) is 6.10 Å². The van der Waals surface area contributed by atoms with Crippen molar-refractivity contribution >= 4 is 0 Å². The Morgan fingerprint density at radius 1 is 1.25 bits per heavy atom. The zero-order valence-corrected chi connectivity index (χ0v) is 7.63. The van der Waals surface area contributed by atoms with Crippen LogP contribution < -0.4 is 11.1 Å². The van der Waals surface area contributed by atoms with E-state index in [-0.39, 0.29) is 12.1 Å². The van der Waals surface area contributed by atoms with Gasteiger partial charge in [0, 0.05) is 19.1 Å². The second-order valence-corrected chi connectivity index (χ2v) is 3.55. The van der Waals surface area contributed by atoms with Crippen molar-refractivity contribution in [1.82, 2.24) is 5.32 Å². The Bertz CT molecular complexity index is 119. The number of hydrogen-bond acceptors (Lipinski definition) is 3. The van der Waals surface area contributed by atoms with Crippen LogP contribution in [0.3, 0.4) is 0 Å². The summed E-state index contributed by atoms with van der Waals surface area (Å²) in [5.74, 6) is 0. The highest BCUT2D eigenvalue weighted by Gasteiger charge is 2.20. The van der Waals surface area contributed by atoms with Gasteiger partial charge in [-0.3, -0.25) is 0 Å². The third-order valence-corrected chi connectivity index (χ3v) is 2.53. The van der Waals surface area contributed by atoms with Gasteiger partial charge in [0.2, 0.25) is 0 Å². The SMILES string of the molecule is NCCNC1CCCCCC1O. The minimum atomic E-state index is -0.154. The van der Waals surface area contributed by atoms with Crippen LogP contribution in [0.4, 0.5) is 0 Å². The highest BCUT2D eigenvalue weighted by molar-refractivity contribution is 4.78. The van der Waals surface area contributed by atoms with E-state index in [1.807, 2.05) is 0 Å². The quantitative estimate of drug-likeness (QED) is 0.534. The first kappa shape index (κ1) is 9.96. The van der Waals surface area contributed by atoms with Crippen LogP contribution in [0.5, 0.6) is 0 Å². The molecule has 1 saturated carbocycles. The molecule has 1 fully saturated rings. The summed E-state index contributed by atoms with van der Waals surface area (Å²) >= 11 is 0. The van der Waals surface area contributed by atoms with Crippen LogP contribution in [-0.2, 0) is 0 Å². The average Bonchev–Trinajstić information content (AvgIpc) is 2.27. The van der Waals surface area contributed by atoms with Crippen LogP contribution in [0.2, 0.25) is 0 Å². The van der Waals surface area contributed by atoms with Gasteiger partial charge in [0.1, 0.15) is 0 Å². The van der Waals surface area contributed by atoms with Gasteiger partial charge < -0.3 is 16.2 Å². The van der Waals surface area contributed by atoms with E-state index in [0.717, 1.165) is 19.4 Å². The van der Waals surface area contributed by atoms with E-state index in [4.69, 9.17) is 5.73 Å². The van der Waals surface area contributed by atoms with Crippen molar-refractivity contribution in [3.05, 3.63) is 0 Å². The predicted molar refractivity (Wildman–Crippen MR) is 49.9 cm³/mol. The van der Waals surface area contributed by atoms with Gasteiger partial charge >= 0.3 is 0 Å². The Balaban J connectivity index is 2.26. The first-order valence-corrected chi connectivity index (χ1v) is 4.96. The first-order chi connectivity index (χ1) is 5.84. The van der Waals surface area contributed by atoms with Crippen molar-refractivity contribution in [1.29, 1.82) is 0 Å². The highest BCUT2D eigenvalue weighted by Crippen LogP contribution is 2.17. The monoisotopic (exact) mass is 172 g/mol. The number of rotatable bonds is 3. The molecule has 0 aliphatic heterocycles. The molecule has 0 aromatic carbocycles. The fraction of sp³-hybridized carbons (Fsp3) is 1.00. The number of nitrogens with one attached hydrogen (secondary N) is 1. The van der Waals surface area contributed by atoms with Crippen molar-refractivity contribution < 1.29 is 5.11 Å². The topological polar surface area (TPSA) is 58.3 Å². The van der Waals surface area contributed by atoms with Crippen LogP contribution in [0, 0.1) is 0 Å². The van der Waals surface area contributed by atoms with Gasteiger partial charge in [-0.25, -0.2) is 0 Å². The maximum absolute atomic E-state index is 9.67. The molecule has 0 spiro atoms. The molecule has 1 rings (SSSR count). The van der Waals surface area contributed by atoms with Gasteiger partial charge in [0.15, 0.2) is 0 Å². The largest absolute Gasteiger partial charge is 0.392 e. The van der Waals surface area contributed by atoms with Gasteiger partial charge in [0.25, 0.3) is 0 Å². The van der Waals surface area contributed by atoms with E-state index in [9.17, 15) is 5.11 Å². The Labute approximate surface area is 74.3 Å². The molecule has 3 nitrogen and oxygen atoms in total. The van der Waals surface area contributed by atoms with Crippen molar-refractivity contribution in [2.45, 2.75) is 44.2 Å². The number of aliphatic hydroxyl groups is 1. The summed E-state index contributed by atoms with van der Waals surface area (Å²) in [4.78, 5) is 0. The standard InChI is InChI=1S/C9H20N2O/c10-6-7-11-8-4-2-1-3-5-9(8)12/h8-9,11-12H,1-7,10H2. The van der Waals surface area contributed by atoms with Gasteiger partial charge in [-0.15, -0.1) is 0 Å². The Morgan fingerprint density at radius 3 is 2.75 bits per heavy atom. The molecule has 0 heterocycles. The van der Waals surface area contributed by atoms with Crippen LogP contribution in [0.1, 0.15) is 32.1 Å². The molecule has 2 unspecified atom stereocenters. The molecular weight excluding hydrogens is 152 g/mol. The summed E-state index contributed by atoms with van der Waals surface area (Å²) in [6.45, 7) is 1.48. The predicted octanol–water partition coefficient (Wildman–Crippen LogP) is 0.228. The van der Waals surface area contributed by atoms with Crippen molar-refractivity contribution in [2.75, 3.05) is 13.1 Å². The molecule has 3 heteroatoms. The summed E-state index contributed by atoms with van der Waals surface area (Å²) in [5.41, 5.74) is 5.39. The van der Waals surface area contributed by atoms with E-state index < -0.39 is 0 Å². The molecule has 0 saturated heterocycles. The molecular formula is C9H20N2O. The van der Waals surface area contributed by atoms with Crippen LogP contribution in [0.25, 0.3) is 0 Å². The lowest BCUT2D eigenvalue weighted by molar-refractivity contribution is 0.121. The summed E-state index contributed by atoms with van der Waals surface area (Å²) in [5, 5.41) is 13.0. The molecule has 0 aromatic heterocycles. The normalized spacial score (nSPS) is 31.5. The number of aliphatic hydroxyl groups excluding tert-OH is 1. The third kappa shape index (κ3) is 3.09. The fourth-order valence-electron chi connectivity index (χ4n) is 1.79. The summed E-state index contributed by atoms with van der Waals surface area (Å²) in [6, 6.07) is 0.288. The molecule has 72 valence electrons. The molecule has 1 aliphatic rings. The summed E-state index contributed by atoms with van der Waals surface area (Å²) in [7, 11) is 0. The lowest BCUT2D eigenvalue weighted by atomic mass is 10.1. The minimum absolute atomic E-state index is 0.154. The van der Waals surface area contributed by atoms with Crippen molar-refractivity contribution in [2.24, 2.45) is 5.73 Å². The molecule has 2 atom stereocenters. The average molecular weight is 172 g/mol. The molecule has 0 amide bonds. The van der Waals surface area contributed by atoms with Crippen LogP contribution >= 0.6 is 0 Å². The zero-order valence-electron chi connectivity index (χ0n) is 7.63. The first-order valence-electron chi connectivity index (χ1n) is 4.96. The smallest absolute Gasteiger partial charge is 0.0693 e. The molecule has 0 radical (unpaired) electrons. The minimum Gasteiger partial charge on any atom is -0.392 e. The second-order valence-electron chi connectivity index (χ2n) is 3.55. The van der Waals surface area contributed by atoms with Crippen LogP contribution in [0.15, 0.2) is 0 Å². The van der Waals surface area contributed by atoms with Crippen molar-refractivity contribution in [3.8, 4) is 0 Å². The molecule has 1 aliphatic carbocycles.